The number of ketones is 1. The Morgan fingerprint density at radius 2 is 2.29 bits per heavy atom. The highest BCUT2D eigenvalue weighted by Gasteiger charge is 2.51. The maximum Gasteiger partial charge on any atom is 0.205 e. The molecule has 0 unspecified atom stereocenters. The molecule has 4 nitrogen and oxygen atoms in total. The van der Waals surface area contributed by atoms with E-state index in [0.29, 0.717) is 23.8 Å². The smallest absolute Gasteiger partial charge is 0.205 e. The van der Waals surface area contributed by atoms with E-state index in [1.165, 1.54) is 0 Å². The summed E-state index contributed by atoms with van der Waals surface area (Å²) in [4.78, 5) is 17.5. The minimum Gasteiger partial charge on any atom is -0.470 e. The van der Waals surface area contributed by atoms with Crippen LogP contribution in [0.3, 0.4) is 0 Å². The molecule has 2 bridgehead atoms. The van der Waals surface area contributed by atoms with E-state index in [9.17, 15) is 4.79 Å². The normalized spacial score (nSPS) is 28.0. The molecule has 1 aliphatic heterocycles. The van der Waals surface area contributed by atoms with Crippen molar-refractivity contribution in [1.82, 2.24) is 5.32 Å². The molecule has 112 valence electrons. The van der Waals surface area contributed by atoms with Crippen LogP contribution in [0.2, 0.25) is 5.02 Å². The third-order valence-electron chi connectivity index (χ3n) is 4.21. The van der Waals surface area contributed by atoms with Gasteiger partial charge in [-0.2, -0.15) is 0 Å². The minimum atomic E-state index is -0.845. The van der Waals surface area contributed by atoms with Gasteiger partial charge >= 0.3 is 0 Å². The fraction of sp³-hybridized carbons (Fsp3) is 0.500. The Kier molecular flexibility index (Phi) is 4.00. The van der Waals surface area contributed by atoms with Crippen LogP contribution < -0.4 is 5.32 Å². The number of nitrogens with zero attached hydrogens (tertiary/aromatic N) is 1. The maximum atomic E-state index is 12.8. The summed E-state index contributed by atoms with van der Waals surface area (Å²) in [5.41, 5.74) is -0.0330. The van der Waals surface area contributed by atoms with Gasteiger partial charge in [-0.15, -0.1) is 0 Å². The SMILES string of the molecule is CNCCC1=N[C@@]2(c3ccccc3Cl)CCC[C@@H](O1)C2=O. The number of carbonyl (C=O) groups excluding carboxylic acids is 1. The Balaban J connectivity index is 2.07. The number of fused-ring (bicyclic) bond motifs is 2. The van der Waals surface area contributed by atoms with Crippen LogP contribution in [0.4, 0.5) is 0 Å². The van der Waals surface area contributed by atoms with Gasteiger partial charge in [-0.25, -0.2) is 4.99 Å². The zero-order valence-electron chi connectivity index (χ0n) is 12.1. The second kappa shape index (κ2) is 5.78. The highest BCUT2D eigenvalue weighted by atomic mass is 35.5. The van der Waals surface area contributed by atoms with Gasteiger partial charge in [0.25, 0.3) is 0 Å². The summed E-state index contributed by atoms with van der Waals surface area (Å²) in [7, 11) is 1.89. The number of Topliss-reactive ketones (excluding diaryl/α,β-unsaturated/α-hetero) is 1. The summed E-state index contributed by atoms with van der Waals surface area (Å²) in [5.74, 6) is 0.712. The van der Waals surface area contributed by atoms with Crippen LogP contribution in [0, 0.1) is 0 Å². The first-order valence-electron chi connectivity index (χ1n) is 7.37. The second-order valence-corrected chi connectivity index (χ2v) is 5.97. The molecule has 1 aromatic rings. The van der Waals surface area contributed by atoms with Gasteiger partial charge in [0.1, 0.15) is 0 Å². The molecule has 0 aromatic heterocycles. The van der Waals surface area contributed by atoms with Crippen molar-refractivity contribution >= 4 is 23.3 Å². The summed E-state index contributed by atoms with van der Waals surface area (Å²) in [6.07, 6.45) is 2.71. The predicted molar refractivity (Wildman–Crippen MR) is 82.8 cm³/mol. The van der Waals surface area contributed by atoms with E-state index in [1.54, 1.807) is 0 Å². The largest absolute Gasteiger partial charge is 0.470 e. The van der Waals surface area contributed by atoms with Crippen molar-refractivity contribution in [2.75, 3.05) is 13.6 Å². The molecule has 1 N–H and O–H groups in total. The molecule has 0 amide bonds. The van der Waals surface area contributed by atoms with Gasteiger partial charge in [0.05, 0.1) is 0 Å². The summed E-state index contributed by atoms with van der Waals surface area (Å²) in [5, 5.41) is 3.69. The quantitative estimate of drug-likeness (QED) is 0.930. The van der Waals surface area contributed by atoms with Crippen LogP contribution in [0.1, 0.15) is 31.2 Å². The number of rotatable bonds is 4. The summed E-state index contributed by atoms with van der Waals surface area (Å²) >= 11 is 6.34. The lowest BCUT2D eigenvalue weighted by Gasteiger charge is -2.41. The van der Waals surface area contributed by atoms with E-state index in [4.69, 9.17) is 21.3 Å². The summed E-state index contributed by atoms with van der Waals surface area (Å²) in [6.45, 7) is 0.776. The molecule has 2 atom stereocenters. The molecule has 1 heterocycles. The van der Waals surface area contributed by atoms with Gasteiger partial charge in [-0.3, -0.25) is 4.79 Å². The third kappa shape index (κ3) is 2.47. The van der Waals surface area contributed by atoms with Crippen LogP contribution in [0.25, 0.3) is 0 Å². The van der Waals surface area contributed by atoms with E-state index >= 15 is 0 Å². The van der Waals surface area contributed by atoms with Crippen molar-refractivity contribution in [2.45, 2.75) is 37.3 Å². The molecule has 0 radical (unpaired) electrons. The first-order chi connectivity index (χ1) is 10.2. The lowest BCUT2D eigenvalue weighted by molar-refractivity contribution is -0.137. The molecule has 0 spiro atoms. The molecule has 21 heavy (non-hydrogen) atoms. The zero-order valence-corrected chi connectivity index (χ0v) is 12.8. The molecule has 2 aliphatic rings. The Bertz CT molecular complexity index is 587. The molecule has 1 aromatic carbocycles. The fourth-order valence-corrected chi connectivity index (χ4v) is 3.45. The molecule has 1 fully saturated rings. The number of carbonyl (C=O) groups is 1. The number of ether oxygens (including phenoxy) is 1. The van der Waals surface area contributed by atoms with Crippen LogP contribution in [0.15, 0.2) is 29.3 Å². The van der Waals surface area contributed by atoms with E-state index in [-0.39, 0.29) is 11.9 Å². The topological polar surface area (TPSA) is 50.7 Å². The number of hydrogen-bond acceptors (Lipinski definition) is 4. The molecule has 5 heteroatoms. The van der Waals surface area contributed by atoms with Crippen LogP contribution in [-0.2, 0) is 15.1 Å². The van der Waals surface area contributed by atoms with Gasteiger partial charge in [0.2, 0.25) is 5.78 Å². The monoisotopic (exact) mass is 306 g/mol. The number of aliphatic imine (C=N–C) groups is 1. The van der Waals surface area contributed by atoms with Crippen molar-refractivity contribution in [2.24, 2.45) is 4.99 Å². The van der Waals surface area contributed by atoms with E-state index in [1.807, 2.05) is 31.3 Å². The number of nitrogens with one attached hydrogen (secondary N) is 1. The summed E-state index contributed by atoms with van der Waals surface area (Å²) < 4.78 is 5.78. The van der Waals surface area contributed by atoms with Crippen molar-refractivity contribution in [3.8, 4) is 0 Å². The summed E-state index contributed by atoms with van der Waals surface area (Å²) in [6, 6.07) is 7.51. The van der Waals surface area contributed by atoms with Crippen molar-refractivity contribution < 1.29 is 9.53 Å². The van der Waals surface area contributed by atoms with Crippen molar-refractivity contribution in [3.05, 3.63) is 34.9 Å². The highest BCUT2D eigenvalue weighted by Crippen LogP contribution is 2.44. The average Bonchev–Trinajstić information content (AvgIpc) is 2.46. The maximum absolute atomic E-state index is 12.8. The number of benzene rings is 1. The molecule has 3 rings (SSSR count). The Hall–Kier alpha value is -1.39. The Labute approximate surface area is 129 Å². The number of hydrogen-bond donors (Lipinski definition) is 1. The fourth-order valence-electron chi connectivity index (χ4n) is 3.16. The third-order valence-corrected chi connectivity index (χ3v) is 4.54. The van der Waals surface area contributed by atoms with E-state index < -0.39 is 5.54 Å². The van der Waals surface area contributed by atoms with Gasteiger partial charge in [0.15, 0.2) is 17.5 Å². The van der Waals surface area contributed by atoms with Gasteiger partial charge in [-0.05, 0) is 32.4 Å². The molecule has 1 saturated carbocycles. The van der Waals surface area contributed by atoms with Crippen molar-refractivity contribution in [3.63, 3.8) is 0 Å². The van der Waals surface area contributed by atoms with Crippen LogP contribution >= 0.6 is 11.6 Å². The molecule has 1 aliphatic carbocycles. The molecular weight excluding hydrogens is 288 g/mol. The van der Waals surface area contributed by atoms with E-state index in [2.05, 4.69) is 5.32 Å². The van der Waals surface area contributed by atoms with Crippen LogP contribution in [0.5, 0.6) is 0 Å². The van der Waals surface area contributed by atoms with Crippen molar-refractivity contribution in [1.29, 1.82) is 0 Å². The van der Waals surface area contributed by atoms with Gasteiger partial charge in [0, 0.05) is 23.6 Å². The second-order valence-electron chi connectivity index (χ2n) is 5.56. The highest BCUT2D eigenvalue weighted by molar-refractivity contribution is 6.32. The van der Waals surface area contributed by atoms with Gasteiger partial charge in [-0.1, -0.05) is 29.8 Å². The Morgan fingerprint density at radius 3 is 3.05 bits per heavy atom. The lowest BCUT2D eigenvalue weighted by Crippen LogP contribution is -2.51. The molecule has 0 saturated heterocycles. The Morgan fingerprint density at radius 1 is 1.48 bits per heavy atom. The van der Waals surface area contributed by atoms with Crippen LogP contribution in [-0.4, -0.2) is 31.4 Å². The van der Waals surface area contributed by atoms with E-state index in [0.717, 1.165) is 24.9 Å². The zero-order chi connectivity index (χ0) is 14.9. The average molecular weight is 307 g/mol. The molecular formula is C16H19ClN2O2. The first kappa shape index (κ1) is 14.5. The standard InChI is InChI=1S/C16H19ClN2O2/c1-18-10-8-14-19-16(11-5-2-3-6-12(11)17)9-4-7-13(21-14)15(16)20/h2-3,5-6,13,18H,4,7-10H2,1H3/t13-,16-/m1/s1. The lowest BCUT2D eigenvalue weighted by atomic mass is 9.74. The number of halogens is 1. The first-order valence-corrected chi connectivity index (χ1v) is 7.74. The van der Waals surface area contributed by atoms with Gasteiger partial charge < -0.3 is 10.1 Å². The predicted octanol–water partition coefficient (Wildman–Crippen LogP) is 2.70. The minimum absolute atomic E-state index is 0.0510.